The average Bonchev–Trinajstić information content (AvgIpc) is 3.54. The highest BCUT2D eigenvalue weighted by atomic mass is 32.2. The number of benzene rings is 1. The SMILES string of the molecule is CN(CCCO[C@H]1CC[C@H](N(C)S(=O)(=O)c2ccc(C(F)(F)F)cc2)CC1)CC1CC1. The van der Waals surface area contributed by atoms with Gasteiger partial charge in [0.15, 0.2) is 0 Å². The monoisotopic (exact) mass is 462 g/mol. The van der Waals surface area contributed by atoms with Crippen LogP contribution in [0.25, 0.3) is 0 Å². The van der Waals surface area contributed by atoms with Crippen LogP contribution in [0.15, 0.2) is 29.2 Å². The van der Waals surface area contributed by atoms with E-state index in [1.54, 1.807) is 0 Å². The second-order valence-electron chi connectivity index (χ2n) is 8.90. The van der Waals surface area contributed by atoms with Crippen LogP contribution >= 0.6 is 0 Å². The normalized spacial score (nSPS) is 22.9. The zero-order chi connectivity index (χ0) is 22.6. The van der Waals surface area contributed by atoms with Gasteiger partial charge in [0.05, 0.1) is 16.6 Å². The van der Waals surface area contributed by atoms with E-state index in [-0.39, 0.29) is 17.0 Å². The first-order valence-electron chi connectivity index (χ1n) is 11.0. The number of rotatable bonds is 10. The number of ether oxygens (including phenoxy) is 1. The summed E-state index contributed by atoms with van der Waals surface area (Å²) in [7, 11) is -0.176. The highest BCUT2D eigenvalue weighted by Crippen LogP contribution is 2.32. The summed E-state index contributed by atoms with van der Waals surface area (Å²) in [6.07, 6.45) is 2.30. The molecule has 2 aliphatic carbocycles. The molecule has 1 aromatic carbocycles. The van der Waals surface area contributed by atoms with Gasteiger partial charge in [0, 0.05) is 32.8 Å². The summed E-state index contributed by atoms with van der Waals surface area (Å²) >= 11 is 0. The molecule has 2 saturated carbocycles. The van der Waals surface area contributed by atoms with Crippen LogP contribution in [0, 0.1) is 5.92 Å². The largest absolute Gasteiger partial charge is 0.416 e. The summed E-state index contributed by atoms with van der Waals surface area (Å²) < 4.78 is 71.2. The van der Waals surface area contributed by atoms with Gasteiger partial charge in [-0.15, -0.1) is 0 Å². The van der Waals surface area contributed by atoms with E-state index >= 15 is 0 Å². The first kappa shape index (κ1) is 24.5. The molecule has 0 radical (unpaired) electrons. The second kappa shape index (κ2) is 10.2. The maximum atomic E-state index is 12.8. The lowest BCUT2D eigenvalue weighted by atomic mass is 9.93. The van der Waals surface area contributed by atoms with E-state index in [1.807, 2.05) is 0 Å². The molecule has 1 aromatic rings. The molecular formula is C22H33F3N2O3S. The Balaban J connectivity index is 1.42. The van der Waals surface area contributed by atoms with E-state index in [4.69, 9.17) is 4.74 Å². The van der Waals surface area contributed by atoms with Crippen LogP contribution in [0.3, 0.4) is 0 Å². The van der Waals surface area contributed by atoms with E-state index in [2.05, 4.69) is 11.9 Å². The van der Waals surface area contributed by atoms with Crippen LogP contribution in [0.2, 0.25) is 0 Å². The maximum Gasteiger partial charge on any atom is 0.416 e. The first-order valence-corrected chi connectivity index (χ1v) is 12.5. The summed E-state index contributed by atoms with van der Waals surface area (Å²) in [4.78, 5) is 2.25. The quantitative estimate of drug-likeness (QED) is 0.484. The van der Waals surface area contributed by atoms with E-state index in [9.17, 15) is 21.6 Å². The van der Waals surface area contributed by atoms with Gasteiger partial charge in [-0.2, -0.15) is 17.5 Å². The number of nitrogens with zero attached hydrogens (tertiary/aromatic N) is 2. The summed E-state index contributed by atoms with van der Waals surface area (Å²) in [6, 6.07) is 3.52. The maximum absolute atomic E-state index is 12.8. The molecular weight excluding hydrogens is 429 g/mol. The zero-order valence-corrected chi connectivity index (χ0v) is 19.1. The van der Waals surface area contributed by atoms with Crippen LogP contribution in [-0.4, -0.2) is 63.6 Å². The van der Waals surface area contributed by atoms with Crippen LogP contribution in [0.4, 0.5) is 13.2 Å². The van der Waals surface area contributed by atoms with Crippen molar-refractivity contribution in [2.75, 3.05) is 33.8 Å². The minimum absolute atomic E-state index is 0.114. The van der Waals surface area contributed by atoms with Gasteiger partial charge in [0.1, 0.15) is 0 Å². The molecule has 9 heteroatoms. The fourth-order valence-corrected chi connectivity index (χ4v) is 5.59. The van der Waals surface area contributed by atoms with Crippen molar-refractivity contribution in [2.45, 2.75) is 68.2 Å². The zero-order valence-electron chi connectivity index (χ0n) is 18.3. The molecule has 0 N–H and O–H groups in total. The molecule has 3 rings (SSSR count). The highest BCUT2D eigenvalue weighted by Gasteiger charge is 2.34. The lowest BCUT2D eigenvalue weighted by molar-refractivity contribution is -0.137. The number of sulfonamides is 1. The highest BCUT2D eigenvalue weighted by molar-refractivity contribution is 7.89. The fraction of sp³-hybridized carbons (Fsp3) is 0.727. The minimum atomic E-state index is -4.49. The van der Waals surface area contributed by atoms with Gasteiger partial charge >= 0.3 is 6.18 Å². The van der Waals surface area contributed by atoms with Gasteiger partial charge in [0.25, 0.3) is 0 Å². The summed E-state index contributed by atoms with van der Waals surface area (Å²) in [5.41, 5.74) is -0.856. The van der Waals surface area contributed by atoms with Crippen LogP contribution in [0.5, 0.6) is 0 Å². The Morgan fingerprint density at radius 2 is 1.61 bits per heavy atom. The van der Waals surface area contributed by atoms with Crippen LogP contribution in [0.1, 0.15) is 50.5 Å². The standard InChI is InChI=1S/C22H33F3N2O3S/c1-26(16-17-4-5-17)14-3-15-30-20-10-8-19(9-11-20)27(2)31(28,29)21-12-6-18(7-13-21)22(23,24)25/h6-7,12-13,17,19-20H,3-5,8-11,14-16H2,1-2H3/t19-,20-. The Bertz CT molecular complexity index is 802. The lowest BCUT2D eigenvalue weighted by Crippen LogP contribution is -2.40. The molecule has 2 fully saturated rings. The summed E-state index contributed by atoms with van der Waals surface area (Å²) in [5, 5.41) is 0. The molecule has 0 aromatic heterocycles. The van der Waals surface area contributed by atoms with Crippen LogP contribution in [-0.2, 0) is 20.9 Å². The number of halogens is 3. The molecule has 0 amide bonds. The average molecular weight is 463 g/mol. The molecule has 0 heterocycles. The molecule has 0 aliphatic heterocycles. The minimum Gasteiger partial charge on any atom is -0.378 e. The van der Waals surface area contributed by atoms with Crippen molar-refractivity contribution in [1.29, 1.82) is 0 Å². The number of alkyl halides is 3. The Labute approximate surface area is 183 Å². The second-order valence-corrected chi connectivity index (χ2v) is 10.9. The third kappa shape index (κ3) is 6.91. The predicted molar refractivity (Wildman–Crippen MR) is 113 cm³/mol. The summed E-state index contributed by atoms with van der Waals surface area (Å²) in [5.74, 6) is 0.886. The van der Waals surface area contributed by atoms with E-state index in [0.29, 0.717) is 19.4 Å². The lowest BCUT2D eigenvalue weighted by Gasteiger charge is -2.34. The van der Waals surface area contributed by atoms with Crippen molar-refractivity contribution in [2.24, 2.45) is 5.92 Å². The molecule has 0 spiro atoms. The Hall–Kier alpha value is -1.16. The van der Waals surface area contributed by atoms with Gasteiger partial charge in [-0.3, -0.25) is 0 Å². The molecule has 0 saturated heterocycles. The Morgan fingerprint density at radius 1 is 1.00 bits per heavy atom. The van der Waals surface area contributed by atoms with Gasteiger partial charge in [0.2, 0.25) is 10.0 Å². The topological polar surface area (TPSA) is 49.9 Å². The van der Waals surface area contributed by atoms with Crippen molar-refractivity contribution >= 4 is 10.0 Å². The third-order valence-electron chi connectivity index (χ3n) is 6.32. The Kier molecular flexibility index (Phi) is 8.05. The number of hydrogen-bond acceptors (Lipinski definition) is 4. The molecule has 31 heavy (non-hydrogen) atoms. The fourth-order valence-electron chi connectivity index (χ4n) is 4.17. The molecule has 5 nitrogen and oxygen atoms in total. The Morgan fingerprint density at radius 3 is 2.16 bits per heavy atom. The van der Waals surface area contributed by atoms with E-state index in [0.717, 1.165) is 56.0 Å². The smallest absolute Gasteiger partial charge is 0.378 e. The molecule has 0 bridgehead atoms. The van der Waals surface area contributed by atoms with Gasteiger partial charge in [-0.25, -0.2) is 8.42 Å². The molecule has 2 aliphatic rings. The van der Waals surface area contributed by atoms with Crippen molar-refractivity contribution < 1.29 is 26.3 Å². The molecule has 176 valence electrons. The van der Waals surface area contributed by atoms with Gasteiger partial charge in [-0.1, -0.05) is 0 Å². The van der Waals surface area contributed by atoms with Gasteiger partial charge < -0.3 is 9.64 Å². The van der Waals surface area contributed by atoms with Crippen molar-refractivity contribution in [3.05, 3.63) is 29.8 Å². The van der Waals surface area contributed by atoms with Crippen molar-refractivity contribution in [3.63, 3.8) is 0 Å². The summed E-state index contributed by atoms with van der Waals surface area (Å²) in [6.45, 7) is 2.91. The third-order valence-corrected chi connectivity index (χ3v) is 8.25. The first-order chi connectivity index (χ1) is 14.6. The molecule has 0 atom stereocenters. The van der Waals surface area contributed by atoms with Crippen LogP contribution < -0.4 is 0 Å². The van der Waals surface area contributed by atoms with E-state index < -0.39 is 21.8 Å². The predicted octanol–water partition coefficient (Wildman–Crippen LogP) is 4.39. The molecule has 0 unspecified atom stereocenters. The van der Waals surface area contributed by atoms with Crippen molar-refractivity contribution in [1.82, 2.24) is 9.21 Å². The van der Waals surface area contributed by atoms with E-state index in [1.165, 1.54) is 30.7 Å². The number of hydrogen-bond donors (Lipinski definition) is 0. The van der Waals surface area contributed by atoms with Crippen molar-refractivity contribution in [3.8, 4) is 0 Å². The van der Waals surface area contributed by atoms with Gasteiger partial charge in [-0.05, 0) is 82.2 Å².